The summed E-state index contributed by atoms with van der Waals surface area (Å²) in [7, 11) is 0. The Hall–Kier alpha value is -2.14. The maximum atomic E-state index is 13.1. The Kier molecular flexibility index (Phi) is 8.50. The first-order valence-corrected chi connectivity index (χ1v) is 11.7. The van der Waals surface area contributed by atoms with Crippen molar-refractivity contribution in [3.8, 4) is 0 Å². The minimum atomic E-state index is 0.119. The van der Waals surface area contributed by atoms with Crippen LogP contribution in [-0.4, -0.2) is 65.3 Å². The first kappa shape index (κ1) is 22.5. The number of likely N-dealkylation sites (tertiary alicyclic amines) is 1. The molecule has 0 bridgehead atoms. The summed E-state index contributed by atoms with van der Waals surface area (Å²) in [6.07, 6.45) is 9.67. The maximum Gasteiger partial charge on any atom is 0.253 e. The van der Waals surface area contributed by atoms with E-state index in [1.807, 2.05) is 40.1 Å². The van der Waals surface area contributed by atoms with Gasteiger partial charge in [-0.15, -0.1) is 0 Å². The van der Waals surface area contributed by atoms with Crippen LogP contribution in [0.3, 0.4) is 0 Å². The van der Waals surface area contributed by atoms with Crippen molar-refractivity contribution in [3.05, 3.63) is 47.7 Å². The van der Waals surface area contributed by atoms with Gasteiger partial charge in [0.25, 0.3) is 5.91 Å². The van der Waals surface area contributed by atoms with Gasteiger partial charge in [0, 0.05) is 36.9 Å². The van der Waals surface area contributed by atoms with Crippen molar-refractivity contribution >= 4 is 11.8 Å². The van der Waals surface area contributed by atoms with Gasteiger partial charge >= 0.3 is 0 Å². The molecule has 0 radical (unpaired) electrons. The molecule has 1 aromatic rings. The molecule has 0 atom stereocenters. The Morgan fingerprint density at radius 2 is 1.80 bits per heavy atom. The Morgan fingerprint density at radius 3 is 2.40 bits per heavy atom. The lowest BCUT2D eigenvalue weighted by Gasteiger charge is -2.39. The fourth-order valence-corrected chi connectivity index (χ4v) is 4.74. The molecule has 0 spiro atoms. The van der Waals surface area contributed by atoms with Crippen molar-refractivity contribution in [1.29, 1.82) is 0 Å². The molecular formula is C25H37N3O2. The smallest absolute Gasteiger partial charge is 0.253 e. The number of likely N-dealkylation sites (N-methyl/N-ethyl adjacent to an activating group) is 1. The lowest BCUT2D eigenvalue weighted by molar-refractivity contribution is -0.131. The number of allylic oxidation sites excluding steroid dienone is 2. The third kappa shape index (κ3) is 5.72. The zero-order chi connectivity index (χ0) is 21.3. The van der Waals surface area contributed by atoms with Crippen molar-refractivity contribution < 1.29 is 9.59 Å². The average molecular weight is 412 g/mol. The van der Waals surface area contributed by atoms with Crippen LogP contribution in [0.4, 0.5) is 0 Å². The summed E-state index contributed by atoms with van der Waals surface area (Å²) >= 11 is 0. The number of carbonyl (C=O) groups excluding carboxylic acids is 2. The van der Waals surface area contributed by atoms with Crippen molar-refractivity contribution in [1.82, 2.24) is 14.7 Å². The van der Waals surface area contributed by atoms with Crippen LogP contribution in [0.1, 0.15) is 69.2 Å². The van der Waals surface area contributed by atoms with E-state index in [4.69, 9.17) is 0 Å². The standard InChI is InChI=1S/C25H37N3O2/c1-3-17-27(20-24(29)28(4-2)23-13-9-6-10-14-23)22-15-18-26(19-16-22)25(30)21-11-7-5-8-12-21/h5,7-8,11-13,22H,3-4,6,9-10,14-20H2,1-2H3. The minimum absolute atomic E-state index is 0.119. The van der Waals surface area contributed by atoms with Crippen LogP contribution in [-0.2, 0) is 4.79 Å². The second-order valence-electron chi connectivity index (χ2n) is 8.44. The molecule has 2 amide bonds. The molecule has 1 aromatic carbocycles. The number of piperidine rings is 1. The summed E-state index contributed by atoms with van der Waals surface area (Å²) in [5.41, 5.74) is 1.98. The fourth-order valence-electron chi connectivity index (χ4n) is 4.74. The Balaban J connectivity index is 1.58. The summed E-state index contributed by atoms with van der Waals surface area (Å²) in [6, 6.07) is 9.90. The number of hydrogen-bond acceptors (Lipinski definition) is 3. The number of nitrogens with zero attached hydrogens (tertiary/aromatic N) is 3. The molecule has 164 valence electrons. The normalized spacial score (nSPS) is 17.7. The molecular weight excluding hydrogens is 374 g/mol. The van der Waals surface area contributed by atoms with Crippen LogP contribution in [0.25, 0.3) is 0 Å². The minimum Gasteiger partial charge on any atom is -0.339 e. The number of amides is 2. The summed E-state index contributed by atoms with van der Waals surface area (Å²) in [4.78, 5) is 32.2. The zero-order valence-corrected chi connectivity index (χ0v) is 18.7. The second-order valence-corrected chi connectivity index (χ2v) is 8.44. The van der Waals surface area contributed by atoms with E-state index in [1.54, 1.807) is 0 Å². The zero-order valence-electron chi connectivity index (χ0n) is 18.7. The van der Waals surface area contributed by atoms with Crippen LogP contribution in [0.2, 0.25) is 0 Å². The molecule has 5 heteroatoms. The van der Waals surface area contributed by atoms with Gasteiger partial charge in [-0.1, -0.05) is 31.2 Å². The Bertz CT molecular complexity index is 723. The Labute approximate surface area is 181 Å². The van der Waals surface area contributed by atoms with Gasteiger partial charge in [0.2, 0.25) is 5.91 Å². The predicted octanol–water partition coefficient (Wildman–Crippen LogP) is 4.31. The van der Waals surface area contributed by atoms with E-state index in [-0.39, 0.29) is 11.8 Å². The fraction of sp³-hybridized carbons (Fsp3) is 0.600. The van der Waals surface area contributed by atoms with E-state index < -0.39 is 0 Å². The van der Waals surface area contributed by atoms with Crippen LogP contribution in [0, 0.1) is 0 Å². The van der Waals surface area contributed by atoms with E-state index in [0.717, 1.165) is 63.8 Å². The van der Waals surface area contributed by atoms with Gasteiger partial charge in [-0.2, -0.15) is 0 Å². The summed E-state index contributed by atoms with van der Waals surface area (Å²) < 4.78 is 0. The van der Waals surface area contributed by atoms with Crippen molar-refractivity contribution in [2.24, 2.45) is 0 Å². The highest BCUT2D eigenvalue weighted by atomic mass is 16.2. The number of hydrogen-bond donors (Lipinski definition) is 0. The van der Waals surface area contributed by atoms with Gasteiger partial charge in [-0.3, -0.25) is 14.5 Å². The van der Waals surface area contributed by atoms with Crippen molar-refractivity contribution in [2.45, 2.75) is 64.8 Å². The van der Waals surface area contributed by atoms with E-state index in [9.17, 15) is 9.59 Å². The molecule has 0 N–H and O–H groups in total. The highest BCUT2D eigenvalue weighted by Gasteiger charge is 2.29. The lowest BCUT2D eigenvalue weighted by atomic mass is 10.0. The second kappa shape index (κ2) is 11.3. The third-order valence-corrected chi connectivity index (χ3v) is 6.37. The van der Waals surface area contributed by atoms with Crippen molar-refractivity contribution in [2.75, 3.05) is 32.7 Å². The van der Waals surface area contributed by atoms with Gasteiger partial charge < -0.3 is 9.80 Å². The molecule has 0 unspecified atom stereocenters. The average Bonchev–Trinajstić information content (AvgIpc) is 2.80. The molecule has 1 aliphatic heterocycles. The van der Waals surface area contributed by atoms with Gasteiger partial charge in [0.05, 0.1) is 6.54 Å². The molecule has 30 heavy (non-hydrogen) atoms. The highest BCUT2D eigenvalue weighted by Crippen LogP contribution is 2.23. The molecule has 1 saturated heterocycles. The van der Waals surface area contributed by atoms with Crippen molar-refractivity contribution in [3.63, 3.8) is 0 Å². The van der Waals surface area contributed by atoms with Crippen LogP contribution in [0.15, 0.2) is 42.1 Å². The molecule has 5 nitrogen and oxygen atoms in total. The summed E-state index contributed by atoms with van der Waals surface area (Å²) in [5.74, 6) is 0.343. The molecule has 1 aliphatic carbocycles. The third-order valence-electron chi connectivity index (χ3n) is 6.37. The topological polar surface area (TPSA) is 43.9 Å². The van der Waals surface area contributed by atoms with Crippen LogP contribution < -0.4 is 0 Å². The monoisotopic (exact) mass is 411 g/mol. The van der Waals surface area contributed by atoms with E-state index in [2.05, 4.69) is 24.8 Å². The number of benzene rings is 1. The molecule has 1 fully saturated rings. The lowest BCUT2D eigenvalue weighted by Crippen LogP contribution is -2.50. The number of rotatable bonds is 8. The molecule has 0 saturated carbocycles. The van der Waals surface area contributed by atoms with Crippen LogP contribution >= 0.6 is 0 Å². The van der Waals surface area contributed by atoms with Crippen LogP contribution in [0.5, 0.6) is 0 Å². The summed E-state index contributed by atoms with van der Waals surface area (Å²) in [5, 5.41) is 0. The SMILES string of the molecule is CCCN(CC(=O)N(CC)C1=CCCCC1)C1CCN(C(=O)c2ccccc2)CC1. The molecule has 1 heterocycles. The van der Waals surface area contributed by atoms with Gasteiger partial charge in [0.15, 0.2) is 0 Å². The van der Waals surface area contributed by atoms with E-state index in [1.165, 1.54) is 18.5 Å². The Morgan fingerprint density at radius 1 is 1.07 bits per heavy atom. The predicted molar refractivity (Wildman–Crippen MR) is 121 cm³/mol. The highest BCUT2D eigenvalue weighted by molar-refractivity contribution is 5.94. The first-order chi connectivity index (χ1) is 14.6. The van der Waals surface area contributed by atoms with E-state index in [0.29, 0.717) is 12.6 Å². The molecule has 3 rings (SSSR count). The van der Waals surface area contributed by atoms with Gasteiger partial charge in [-0.25, -0.2) is 0 Å². The quantitative estimate of drug-likeness (QED) is 0.640. The first-order valence-electron chi connectivity index (χ1n) is 11.7. The van der Waals surface area contributed by atoms with Gasteiger partial charge in [-0.05, 0) is 70.5 Å². The maximum absolute atomic E-state index is 13.1. The summed E-state index contributed by atoms with van der Waals surface area (Å²) in [6.45, 7) is 7.92. The molecule has 0 aromatic heterocycles. The van der Waals surface area contributed by atoms with Gasteiger partial charge in [0.1, 0.15) is 0 Å². The van der Waals surface area contributed by atoms with E-state index >= 15 is 0 Å². The molecule has 2 aliphatic rings. The number of carbonyl (C=O) groups is 2. The largest absolute Gasteiger partial charge is 0.339 e.